The van der Waals surface area contributed by atoms with Crippen molar-refractivity contribution in [1.29, 1.82) is 0 Å². The number of aryl methyl sites for hydroxylation is 2. The number of aliphatic hydroxyl groups is 1. The highest BCUT2D eigenvalue weighted by Crippen LogP contribution is 1.99. The number of carbonyl (C=O) groups excluding carboxylic acids is 1. The van der Waals surface area contributed by atoms with Crippen LogP contribution in [-0.4, -0.2) is 33.4 Å². The van der Waals surface area contributed by atoms with Gasteiger partial charge >= 0.3 is 0 Å². The molecule has 0 aromatic carbocycles. The van der Waals surface area contributed by atoms with Gasteiger partial charge in [0.15, 0.2) is 0 Å². The molecule has 0 spiro atoms. The Morgan fingerprint density at radius 1 is 1.65 bits per heavy atom. The number of amides is 1. The molecule has 0 aliphatic carbocycles. The van der Waals surface area contributed by atoms with Crippen LogP contribution in [0.15, 0.2) is 12.4 Å². The molecule has 0 fully saturated rings. The SMILES string of the molecule is CCC(CCO)NC(=O)CCn1cc(C)cn1. The third kappa shape index (κ3) is 4.99. The zero-order valence-electron chi connectivity index (χ0n) is 10.5. The molecule has 0 radical (unpaired) electrons. The van der Waals surface area contributed by atoms with Crippen LogP contribution in [0.4, 0.5) is 0 Å². The van der Waals surface area contributed by atoms with Crippen LogP contribution >= 0.6 is 0 Å². The number of nitrogens with one attached hydrogen (secondary N) is 1. The highest BCUT2D eigenvalue weighted by atomic mass is 16.3. The maximum atomic E-state index is 11.6. The molecule has 0 bridgehead atoms. The van der Waals surface area contributed by atoms with Crippen LogP contribution in [-0.2, 0) is 11.3 Å². The van der Waals surface area contributed by atoms with Crippen molar-refractivity contribution in [2.75, 3.05) is 6.61 Å². The van der Waals surface area contributed by atoms with Gasteiger partial charge in [0.05, 0.1) is 6.20 Å². The Balaban J connectivity index is 2.29. The predicted octanol–water partition coefficient (Wildman–Crippen LogP) is 0.859. The van der Waals surface area contributed by atoms with Gasteiger partial charge in [-0.3, -0.25) is 9.48 Å². The molecule has 0 saturated carbocycles. The largest absolute Gasteiger partial charge is 0.396 e. The van der Waals surface area contributed by atoms with Gasteiger partial charge in [0.1, 0.15) is 0 Å². The molecule has 0 aliphatic rings. The number of aromatic nitrogens is 2. The predicted molar refractivity (Wildman–Crippen MR) is 65.5 cm³/mol. The molecule has 1 aromatic rings. The van der Waals surface area contributed by atoms with Crippen molar-refractivity contribution >= 4 is 5.91 Å². The van der Waals surface area contributed by atoms with E-state index in [2.05, 4.69) is 10.4 Å². The van der Waals surface area contributed by atoms with E-state index >= 15 is 0 Å². The molecule has 17 heavy (non-hydrogen) atoms. The Morgan fingerprint density at radius 2 is 2.41 bits per heavy atom. The molecule has 0 saturated heterocycles. The first-order valence-corrected chi connectivity index (χ1v) is 6.05. The lowest BCUT2D eigenvalue weighted by molar-refractivity contribution is -0.122. The summed E-state index contributed by atoms with van der Waals surface area (Å²) in [6.07, 6.45) is 5.57. The summed E-state index contributed by atoms with van der Waals surface area (Å²) in [5, 5.41) is 15.9. The van der Waals surface area contributed by atoms with Gasteiger partial charge in [-0.2, -0.15) is 5.10 Å². The van der Waals surface area contributed by atoms with Gasteiger partial charge in [0.2, 0.25) is 5.91 Å². The zero-order valence-corrected chi connectivity index (χ0v) is 10.5. The van der Waals surface area contributed by atoms with Crippen LogP contribution in [0.2, 0.25) is 0 Å². The standard InChI is InChI=1S/C12H21N3O2/c1-3-11(5-7-16)14-12(17)4-6-15-9-10(2)8-13-15/h8-9,11,16H,3-7H2,1-2H3,(H,14,17). The van der Waals surface area contributed by atoms with E-state index in [4.69, 9.17) is 5.11 Å². The Bertz CT molecular complexity index is 349. The van der Waals surface area contributed by atoms with Gasteiger partial charge in [-0.15, -0.1) is 0 Å². The molecule has 1 rings (SSSR count). The van der Waals surface area contributed by atoms with Crippen molar-refractivity contribution < 1.29 is 9.90 Å². The molecule has 1 atom stereocenters. The number of carbonyl (C=O) groups is 1. The highest BCUT2D eigenvalue weighted by molar-refractivity contribution is 5.76. The normalized spacial score (nSPS) is 12.4. The second kappa shape index (κ2) is 7.06. The minimum absolute atomic E-state index is 0.0125. The smallest absolute Gasteiger partial charge is 0.222 e. The van der Waals surface area contributed by atoms with E-state index < -0.39 is 0 Å². The monoisotopic (exact) mass is 239 g/mol. The van der Waals surface area contributed by atoms with E-state index in [1.165, 1.54) is 0 Å². The van der Waals surface area contributed by atoms with E-state index in [1.54, 1.807) is 10.9 Å². The molecule has 5 nitrogen and oxygen atoms in total. The number of hydrogen-bond donors (Lipinski definition) is 2. The Kier molecular flexibility index (Phi) is 5.69. The van der Waals surface area contributed by atoms with Crippen molar-refractivity contribution in [2.24, 2.45) is 0 Å². The summed E-state index contributed by atoms with van der Waals surface area (Å²) in [4.78, 5) is 11.6. The minimum atomic E-state index is 0.0125. The van der Waals surface area contributed by atoms with Crippen LogP contribution < -0.4 is 5.32 Å². The summed E-state index contributed by atoms with van der Waals surface area (Å²) in [6.45, 7) is 4.67. The van der Waals surface area contributed by atoms with Crippen molar-refractivity contribution in [2.45, 2.75) is 45.7 Å². The fraction of sp³-hybridized carbons (Fsp3) is 0.667. The summed E-state index contributed by atoms with van der Waals surface area (Å²) < 4.78 is 1.77. The van der Waals surface area contributed by atoms with Crippen molar-refractivity contribution in [1.82, 2.24) is 15.1 Å². The van der Waals surface area contributed by atoms with Crippen LogP contribution in [0, 0.1) is 6.92 Å². The van der Waals surface area contributed by atoms with Crippen molar-refractivity contribution in [3.8, 4) is 0 Å². The Labute approximate surface area is 102 Å². The fourth-order valence-corrected chi connectivity index (χ4v) is 1.64. The highest BCUT2D eigenvalue weighted by Gasteiger charge is 2.09. The van der Waals surface area contributed by atoms with Crippen molar-refractivity contribution in [3.63, 3.8) is 0 Å². The number of hydrogen-bond acceptors (Lipinski definition) is 3. The lowest BCUT2D eigenvalue weighted by Gasteiger charge is -2.15. The third-order valence-corrected chi connectivity index (χ3v) is 2.67. The first kappa shape index (κ1) is 13.7. The van der Waals surface area contributed by atoms with Gasteiger partial charge < -0.3 is 10.4 Å². The maximum absolute atomic E-state index is 11.6. The Hall–Kier alpha value is -1.36. The first-order valence-electron chi connectivity index (χ1n) is 6.05. The third-order valence-electron chi connectivity index (χ3n) is 2.67. The summed E-state index contributed by atoms with van der Waals surface area (Å²) >= 11 is 0. The van der Waals surface area contributed by atoms with E-state index in [0.29, 0.717) is 19.4 Å². The van der Waals surface area contributed by atoms with Gasteiger partial charge in [0.25, 0.3) is 0 Å². The number of rotatable bonds is 7. The van der Waals surface area contributed by atoms with Gasteiger partial charge in [-0.1, -0.05) is 6.92 Å². The second-order valence-electron chi connectivity index (χ2n) is 4.22. The summed E-state index contributed by atoms with van der Waals surface area (Å²) in [6, 6.07) is 0.0758. The summed E-state index contributed by atoms with van der Waals surface area (Å²) in [5.74, 6) is 0.0125. The van der Waals surface area contributed by atoms with E-state index in [0.717, 1.165) is 12.0 Å². The summed E-state index contributed by atoms with van der Waals surface area (Å²) in [7, 11) is 0. The maximum Gasteiger partial charge on any atom is 0.222 e. The van der Waals surface area contributed by atoms with E-state index in [9.17, 15) is 4.79 Å². The zero-order chi connectivity index (χ0) is 12.7. The molecule has 2 N–H and O–H groups in total. The quantitative estimate of drug-likeness (QED) is 0.741. The molecular weight excluding hydrogens is 218 g/mol. The topological polar surface area (TPSA) is 67.2 Å². The average molecular weight is 239 g/mol. The first-order chi connectivity index (χ1) is 8.15. The van der Waals surface area contributed by atoms with Crippen LogP contribution in [0.1, 0.15) is 31.7 Å². The number of aliphatic hydroxyl groups excluding tert-OH is 1. The molecular formula is C12H21N3O2. The van der Waals surface area contributed by atoms with Gasteiger partial charge in [-0.25, -0.2) is 0 Å². The van der Waals surface area contributed by atoms with E-state index in [1.807, 2.05) is 20.0 Å². The van der Waals surface area contributed by atoms with Crippen molar-refractivity contribution in [3.05, 3.63) is 18.0 Å². The lowest BCUT2D eigenvalue weighted by atomic mass is 10.1. The molecule has 1 amide bonds. The fourth-order valence-electron chi connectivity index (χ4n) is 1.64. The lowest BCUT2D eigenvalue weighted by Crippen LogP contribution is -2.35. The van der Waals surface area contributed by atoms with Crippen LogP contribution in [0.25, 0.3) is 0 Å². The minimum Gasteiger partial charge on any atom is -0.396 e. The molecule has 1 unspecified atom stereocenters. The molecule has 5 heteroatoms. The molecule has 1 aromatic heterocycles. The van der Waals surface area contributed by atoms with Gasteiger partial charge in [0, 0.05) is 31.8 Å². The van der Waals surface area contributed by atoms with Gasteiger partial charge in [-0.05, 0) is 25.3 Å². The molecule has 0 aliphatic heterocycles. The summed E-state index contributed by atoms with van der Waals surface area (Å²) in [5.41, 5.74) is 1.09. The van der Waals surface area contributed by atoms with Crippen LogP contribution in [0.3, 0.4) is 0 Å². The average Bonchev–Trinajstić information content (AvgIpc) is 2.72. The Morgan fingerprint density at radius 3 is 2.94 bits per heavy atom. The molecule has 1 heterocycles. The molecule has 96 valence electrons. The van der Waals surface area contributed by atoms with E-state index in [-0.39, 0.29) is 18.6 Å². The van der Waals surface area contributed by atoms with Crippen LogP contribution in [0.5, 0.6) is 0 Å². The number of nitrogens with zero attached hydrogens (tertiary/aromatic N) is 2. The second-order valence-corrected chi connectivity index (χ2v) is 4.22.